The average Bonchev–Trinajstić information content (AvgIpc) is 2.53. The fraction of sp³-hybridized carbons (Fsp3) is 0.571. The summed E-state index contributed by atoms with van der Waals surface area (Å²) in [6, 6.07) is 7.22. The Morgan fingerprint density at radius 3 is 2.74 bits per heavy atom. The highest BCUT2D eigenvalue weighted by molar-refractivity contribution is 5.79. The number of carbonyl (C=O) groups excluding carboxylic acids is 1. The van der Waals surface area contributed by atoms with Crippen molar-refractivity contribution < 1.29 is 10.9 Å². The predicted molar refractivity (Wildman–Crippen MR) is 94.4 cm³/mol. The van der Waals surface area contributed by atoms with Gasteiger partial charge in [0.25, 0.3) is 0 Å². The van der Waals surface area contributed by atoms with Gasteiger partial charge in [-0.2, -0.15) is 0 Å². The third-order valence-corrected chi connectivity index (χ3v) is 6.08. The topological polar surface area (TPSA) is 26.3 Å². The summed E-state index contributed by atoms with van der Waals surface area (Å²) >= 11 is 0. The minimum absolute atomic E-state index is 0.122. The third-order valence-electron chi connectivity index (χ3n) is 6.08. The molecule has 23 heavy (non-hydrogen) atoms. The Kier molecular flexibility index (Phi) is 3.59. The molecule has 3 atom stereocenters. The van der Waals surface area contributed by atoms with Crippen LogP contribution in [0.3, 0.4) is 0 Å². The lowest BCUT2D eigenvalue weighted by atomic mass is 9.51. The number of fused-ring (bicyclic) bond motifs is 3. The van der Waals surface area contributed by atoms with Gasteiger partial charge < -0.3 is 4.74 Å². The van der Waals surface area contributed by atoms with E-state index in [0.29, 0.717) is 12.0 Å². The van der Waals surface area contributed by atoms with E-state index in [-0.39, 0.29) is 17.3 Å². The summed E-state index contributed by atoms with van der Waals surface area (Å²) in [7, 11) is 1.46. The van der Waals surface area contributed by atoms with E-state index in [1.54, 1.807) is 0 Å². The molecule has 0 heterocycles. The minimum Gasteiger partial charge on any atom is -0.469 e. The molecule has 0 aliphatic heterocycles. The lowest BCUT2D eigenvalue weighted by Crippen LogP contribution is -2.50. The van der Waals surface area contributed by atoms with Gasteiger partial charge in [0, 0.05) is 11.3 Å². The maximum absolute atomic E-state index is 12.6. The number of rotatable bonds is 2. The normalized spacial score (nSPS) is 33.4. The highest BCUT2D eigenvalue weighted by Crippen LogP contribution is 2.56. The van der Waals surface area contributed by atoms with Gasteiger partial charge in [-0.1, -0.05) is 57.5 Å². The number of esters is 1. The van der Waals surface area contributed by atoms with Crippen molar-refractivity contribution in [1.29, 1.82) is 0 Å². The zero-order valence-electron chi connectivity index (χ0n) is 15.9. The van der Waals surface area contributed by atoms with Gasteiger partial charge in [0.2, 0.25) is 0 Å². The SMILES string of the molecule is [2H]C1=Cc2cc(C(C)C)ccc2[C@@]2(C)CCC[C@@](C)(C(=O)OC)C12. The van der Waals surface area contributed by atoms with Crippen LogP contribution in [0.1, 0.15) is 70.9 Å². The molecule has 3 rings (SSSR count). The molecular weight excluding hydrogens is 284 g/mol. The monoisotopic (exact) mass is 313 g/mol. The Labute approximate surface area is 141 Å². The van der Waals surface area contributed by atoms with Crippen LogP contribution in [0.2, 0.25) is 0 Å². The molecule has 0 radical (unpaired) electrons. The molecule has 1 fully saturated rings. The van der Waals surface area contributed by atoms with Gasteiger partial charge in [-0.05, 0) is 42.4 Å². The number of methoxy groups -OCH3 is 1. The maximum atomic E-state index is 12.6. The van der Waals surface area contributed by atoms with E-state index in [9.17, 15) is 4.79 Å². The zero-order valence-corrected chi connectivity index (χ0v) is 14.9. The van der Waals surface area contributed by atoms with Crippen molar-refractivity contribution in [2.75, 3.05) is 7.11 Å². The lowest BCUT2D eigenvalue weighted by Gasteiger charge is -2.51. The molecule has 0 amide bonds. The first-order chi connectivity index (χ1) is 11.2. The Bertz CT molecular complexity index is 706. The molecule has 1 saturated carbocycles. The van der Waals surface area contributed by atoms with Crippen LogP contribution in [0.4, 0.5) is 0 Å². The predicted octanol–water partition coefficient (Wildman–Crippen LogP) is 5.07. The second-order valence-corrected chi connectivity index (χ2v) is 7.93. The number of allylic oxidation sites excluding steroid dienone is 1. The van der Waals surface area contributed by atoms with Gasteiger partial charge in [-0.3, -0.25) is 4.79 Å². The molecule has 2 aliphatic rings. The third kappa shape index (κ3) is 2.34. The molecule has 2 heteroatoms. The molecule has 0 saturated heterocycles. The lowest BCUT2D eigenvalue weighted by molar-refractivity contribution is -0.158. The fourth-order valence-corrected chi connectivity index (χ4v) is 4.68. The molecule has 2 nitrogen and oxygen atoms in total. The second kappa shape index (κ2) is 5.51. The van der Waals surface area contributed by atoms with Crippen LogP contribution in [0.5, 0.6) is 0 Å². The first-order valence-electron chi connectivity index (χ1n) is 9.15. The van der Waals surface area contributed by atoms with E-state index in [2.05, 4.69) is 39.0 Å². The van der Waals surface area contributed by atoms with Crippen LogP contribution in [0.15, 0.2) is 24.3 Å². The van der Waals surface area contributed by atoms with Crippen molar-refractivity contribution in [2.45, 2.75) is 58.3 Å². The molecule has 2 aliphatic carbocycles. The Morgan fingerprint density at radius 2 is 2.09 bits per heavy atom. The van der Waals surface area contributed by atoms with Crippen molar-refractivity contribution in [3.63, 3.8) is 0 Å². The molecule has 124 valence electrons. The van der Waals surface area contributed by atoms with E-state index in [1.807, 2.05) is 13.0 Å². The van der Waals surface area contributed by atoms with Crippen molar-refractivity contribution in [2.24, 2.45) is 11.3 Å². The van der Waals surface area contributed by atoms with Crippen molar-refractivity contribution in [3.05, 3.63) is 40.9 Å². The molecule has 0 N–H and O–H groups in total. The largest absolute Gasteiger partial charge is 0.469 e. The molecule has 0 aromatic heterocycles. The highest BCUT2D eigenvalue weighted by atomic mass is 16.5. The molecular formula is C21H28O2. The fourth-order valence-electron chi connectivity index (χ4n) is 4.68. The van der Waals surface area contributed by atoms with Gasteiger partial charge in [0.15, 0.2) is 0 Å². The summed E-state index contributed by atoms with van der Waals surface area (Å²) in [5, 5.41) is 0. The van der Waals surface area contributed by atoms with Crippen LogP contribution >= 0.6 is 0 Å². The average molecular weight is 313 g/mol. The van der Waals surface area contributed by atoms with Gasteiger partial charge >= 0.3 is 5.97 Å². The molecule has 1 unspecified atom stereocenters. The van der Waals surface area contributed by atoms with Crippen LogP contribution in [-0.4, -0.2) is 13.1 Å². The van der Waals surface area contributed by atoms with Crippen molar-refractivity contribution >= 4 is 12.0 Å². The second-order valence-electron chi connectivity index (χ2n) is 7.93. The number of hydrogen-bond donors (Lipinski definition) is 0. The summed E-state index contributed by atoms with van der Waals surface area (Å²) in [5.41, 5.74) is 2.93. The van der Waals surface area contributed by atoms with Gasteiger partial charge in [-0.25, -0.2) is 0 Å². The number of carbonyl (C=O) groups is 1. The van der Waals surface area contributed by atoms with Gasteiger partial charge in [0.1, 0.15) is 0 Å². The Hall–Kier alpha value is -1.57. The highest BCUT2D eigenvalue weighted by Gasteiger charge is 2.54. The summed E-state index contributed by atoms with van der Waals surface area (Å²) in [6.45, 7) is 8.59. The molecule has 1 aromatic rings. The Balaban J connectivity index is 2.17. The summed E-state index contributed by atoms with van der Waals surface area (Å²) in [5.74, 6) is 0.164. The number of ether oxygens (including phenoxy) is 1. The quantitative estimate of drug-likeness (QED) is 0.712. The minimum atomic E-state index is -0.621. The first kappa shape index (κ1) is 15.0. The summed E-state index contributed by atoms with van der Waals surface area (Å²) in [4.78, 5) is 12.6. The van der Waals surface area contributed by atoms with E-state index in [0.717, 1.165) is 24.8 Å². The van der Waals surface area contributed by atoms with Crippen LogP contribution in [-0.2, 0) is 14.9 Å². The van der Waals surface area contributed by atoms with E-state index < -0.39 is 5.41 Å². The van der Waals surface area contributed by atoms with Crippen LogP contribution in [0.25, 0.3) is 6.08 Å². The smallest absolute Gasteiger partial charge is 0.312 e. The zero-order chi connectivity index (χ0) is 17.7. The van der Waals surface area contributed by atoms with E-state index >= 15 is 0 Å². The molecule has 0 bridgehead atoms. The standard InChI is InChI=1S/C21H28O2/c1-14(2)15-7-9-17-16(13-15)8-10-18-20(17,3)11-6-12-21(18,4)19(22)23-5/h7-10,13-14,18H,6,11-12H2,1-5H3/t18?,20-,21-/m1/s1/i10D. The summed E-state index contributed by atoms with van der Waals surface area (Å²) in [6.07, 6.45) is 4.75. The molecule has 1 aromatic carbocycles. The summed E-state index contributed by atoms with van der Waals surface area (Å²) < 4.78 is 13.8. The molecule has 0 spiro atoms. The number of benzene rings is 1. The first-order valence-corrected chi connectivity index (χ1v) is 8.65. The van der Waals surface area contributed by atoms with Crippen molar-refractivity contribution in [1.82, 2.24) is 0 Å². The Morgan fingerprint density at radius 1 is 1.35 bits per heavy atom. The maximum Gasteiger partial charge on any atom is 0.312 e. The van der Waals surface area contributed by atoms with Crippen LogP contribution in [0, 0.1) is 11.3 Å². The van der Waals surface area contributed by atoms with Gasteiger partial charge in [0.05, 0.1) is 13.9 Å². The van der Waals surface area contributed by atoms with Crippen molar-refractivity contribution in [3.8, 4) is 0 Å². The van der Waals surface area contributed by atoms with E-state index in [4.69, 9.17) is 6.11 Å². The van der Waals surface area contributed by atoms with Crippen LogP contribution < -0.4 is 0 Å². The number of hydrogen-bond acceptors (Lipinski definition) is 2. The van der Waals surface area contributed by atoms with Gasteiger partial charge in [-0.15, -0.1) is 0 Å². The van der Waals surface area contributed by atoms with E-state index in [1.165, 1.54) is 18.2 Å².